The van der Waals surface area contributed by atoms with E-state index in [1.54, 1.807) is 6.20 Å². The molecule has 0 spiro atoms. The number of aromatic nitrogens is 3. The number of rotatable bonds is 4. The molecule has 26 heavy (non-hydrogen) atoms. The number of halogens is 4. The molecule has 2 heterocycles. The third kappa shape index (κ3) is 3.78. The third-order valence-electron chi connectivity index (χ3n) is 3.46. The molecule has 0 saturated heterocycles. The Morgan fingerprint density at radius 1 is 1.27 bits per heavy atom. The van der Waals surface area contributed by atoms with Gasteiger partial charge in [-0.15, -0.1) is 11.8 Å². The summed E-state index contributed by atoms with van der Waals surface area (Å²) in [6.45, 7) is 1.95. The molecule has 136 valence electrons. The van der Waals surface area contributed by atoms with Crippen molar-refractivity contribution in [2.24, 2.45) is 0 Å². The molecule has 10 heteroatoms. The largest absolute Gasteiger partial charge is 0.416 e. The maximum atomic E-state index is 12.9. The maximum absolute atomic E-state index is 12.9. The van der Waals surface area contributed by atoms with Gasteiger partial charge in [0.25, 0.3) is 5.56 Å². The average molecular weight is 401 g/mol. The lowest BCUT2D eigenvalue weighted by Crippen LogP contribution is -2.27. The summed E-state index contributed by atoms with van der Waals surface area (Å²) in [6, 6.07) is 4.39. The van der Waals surface area contributed by atoms with Crippen LogP contribution in [-0.4, -0.2) is 20.4 Å². The lowest BCUT2D eigenvalue weighted by atomic mass is 10.1. The van der Waals surface area contributed by atoms with Crippen LogP contribution in [0.15, 0.2) is 46.5 Å². The fourth-order valence-electron chi connectivity index (χ4n) is 2.28. The van der Waals surface area contributed by atoms with Gasteiger partial charge in [0.2, 0.25) is 0 Å². The molecule has 0 amide bonds. The van der Waals surface area contributed by atoms with Crippen molar-refractivity contribution in [3.8, 4) is 0 Å². The van der Waals surface area contributed by atoms with Crippen LogP contribution in [0.5, 0.6) is 0 Å². The average Bonchev–Trinajstić information content (AvgIpc) is 2.59. The quantitative estimate of drug-likeness (QED) is 0.518. The zero-order valence-electron chi connectivity index (χ0n) is 13.3. The number of thioether (sulfide) groups is 1. The summed E-state index contributed by atoms with van der Waals surface area (Å²) in [5.41, 5.74) is 1.96. The van der Waals surface area contributed by atoms with Crippen LogP contribution >= 0.6 is 23.4 Å². The zero-order valence-corrected chi connectivity index (χ0v) is 14.9. The highest BCUT2D eigenvalue weighted by Crippen LogP contribution is 2.31. The van der Waals surface area contributed by atoms with E-state index < -0.39 is 17.3 Å². The number of anilines is 1. The van der Waals surface area contributed by atoms with Crippen LogP contribution < -0.4 is 11.0 Å². The summed E-state index contributed by atoms with van der Waals surface area (Å²) in [4.78, 5) is 21.4. The minimum absolute atomic E-state index is 0.139. The van der Waals surface area contributed by atoms with Crippen molar-refractivity contribution in [1.29, 1.82) is 0 Å². The molecule has 0 fully saturated rings. The first-order valence-corrected chi connectivity index (χ1v) is 8.80. The lowest BCUT2D eigenvalue weighted by Gasteiger charge is -2.14. The number of hydrogen-bond acceptors (Lipinski definition) is 5. The Labute approximate surface area is 155 Å². The monoisotopic (exact) mass is 400 g/mol. The lowest BCUT2D eigenvalue weighted by molar-refractivity contribution is -0.137. The van der Waals surface area contributed by atoms with Crippen LogP contribution in [-0.2, 0) is 6.18 Å². The molecule has 2 aromatic heterocycles. The highest BCUT2D eigenvalue weighted by molar-refractivity contribution is 7.99. The SMILES string of the molecule is CCSc1cnc(Cl)cc1Nn1cnc2ccc(C(F)(F)F)cc2c1=O. The van der Waals surface area contributed by atoms with Crippen molar-refractivity contribution in [1.82, 2.24) is 14.6 Å². The maximum Gasteiger partial charge on any atom is 0.416 e. The van der Waals surface area contributed by atoms with Crippen LogP contribution in [0.1, 0.15) is 12.5 Å². The number of nitrogens with one attached hydrogen (secondary N) is 1. The Bertz CT molecular complexity index is 1020. The zero-order chi connectivity index (χ0) is 18.9. The van der Waals surface area contributed by atoms with Gasteiger partial charge >= 0.3 is 6.18 Å². The van der Waals surface area contributed by atoms with Gasteiger partial charge in [-0.3, -0.25) is 10.2 Å². The van der Waals surface area contributed by atoms with Gasteiger partial charge < -0.3 is 0 Å². The molecule has 0 unspecified atom stereocenters. The normalized spacial score (nSPS) is 11.7. The van der Waals surface area contributed by atoms with Crippen molar-refractivity contribution < 1.29 is 13.2 Å². The fourth-order valence-corrected chi connectivity index (χ4v) is 3.14. The summed E-state index contributed by atoms with van der Waals surface area (Å²) in [5, 5.41) is 0.0776. The number of nitrogens with zero attached hydrogens (tertiary/aromatic N) is 3. The van der Waals surface area contributed by atoms with Crippen molar-refractivity contribution in [2.75, 3.05) is 11.2 Å². The third-order valence-corrected chi connectivity index (χ3v) is 4.59. The number of fused-ring (bicyclic) bond motifs is 1. The first-order chi connectivity index (χ1) is 12.3. The molecule has 0 aliphatic carbocycles. The Balaban J connectivity index is 2.08. The van der Waals surface area contributed by atoms with Crippen LogP contribution in [0.25, 0.3) is 10.9 Å². The number of alkyl halides is 3. The van der Waals surface area contributed by atoms with E-state index >= 15 is 0 Å². The van der Waals surface area contributed by atoms with E-state index in [-0.39, 0.29) is 16.1 Å². The van der Waals surface area contributed by atoms with E-state index in [1.165, 1.54) is 30.2 Å². The molecular formula is C16H12ClF3N4OS. The molecule has 5 nitrogen and oxygen atoms in total. The molecule has 0 aliphatic rings. The molecule has 0 radical (unpaired) electrons. The molecule has 1 N–H and O–H groups in total. The van der Waals surface area contributed by atoms with Gasteiger partial charge in [-0.1, -0.05) is 18.5 Å². The van der Waals surface area contributed by atoms with Crippen LogP contribution in [0.3, 0.4) is 0 Å². The minimum Gasteiger partial charge on any atom is -0.289 e. The number of pyridine rings is 1. The highest BCUT2D eigenvalue weighted by Gasteiger charge is 2.30. The topological polar surface area (TPSA) is 59.8 Å². The first-order valence-electron chi connectivity index (χ1n) is 7.43. The fraction of sp³-hybridized carbons (Fsp3) is 0.188. The summed E-state index contributed by atoms with van der Waals surface area (Å²) in [7, 11) is 0. The van der Waals surface area contributed by atoms with Crippen LogP contribution in [0, 0.1) is 0 Å². The number of hydrogen-bond donors (Lipinski definition) is 1. The van der Waals surface area contributed by atoms with Crippen molar-refractivity contribution in [3.63, 3.8) is 0 Å². The smallest absolute Gasteiger partial charge is 0.289 e. The summed E-state index contributed by atoms with van der Waals surface area (Å²) in [6.07, 6.45) is -1.77. The van der Waals surface area contributed by atoms with E-state index in [1.807, 2.05) is 6.92 Å². The molecule has 0 saturated carbocycles. The molecule has 0 atom stereocenters. The van der Waals surface area contributed by atoms with E-state index in [2.05, 4.69) is 15.4 Å². The second-order valence-corrected chi connectivity index (χ2v) is 6.89. The predicted molar refractivity (Wildman–Crippen MR) is 95.7 cm³/mol. The van der Waals surface area contributed by atoms with Crippen molar-refractivity contribution >= 4 is 40.0 Å². The molecule has 0 aliphatic heterocycles. The molecule has 1 aromatic carbocycles. The van der Waals surface area contributed by atoms with Gasteiger partial charge in [-0.05, 0) is 24.0 Å². The van der Waals surface area contributed by atoms with Crippen LogP contribution in [0.4, 0.5) is 18.9 Å². The Hall–Kier alpha value is -2.26. The standard InChI is InChI=1S/C16H12ClF3N4OS/c1-2-26-13-7-21-14(17)6-12(13)23-24-8-22-11-4-3-9(16(18,19)20)5-10(11)15(24)25/h3-8H,2H2,1H3,(H,21,23). The molecule has 3 aromatic rings. The summed E-state index contributed by atoms with van der Waals surface area (Å²) >= 11 is 7.38. The first kappa shape index (κ1) is 18.5. The summed E-state index contributed by atoms with van der Waals surface area (Å²) < 4.78 is 39.7. The second kappa shape index (κ2) is 7.16. The van der Waals surface area contributed by atoms with Gasteiger partial charge in [0.05, 0.1) is 27.0 Å². The van der Waals surface area contributed by atoms with Gasteiger partial charge in [-0.2, -0.15) is 13.2 Å². The van der Waals surface area contributed by atoms with Gasteiger partial charge in [-0.25, -0.2) is 14.6 Å². The second-order valence-electron chi connectivity index (χ2n) is 5.20. The van der Waals surface area contributed by atoms with E-state index in [4.69, 9.17) is 11.6 Å². The van der Waals surface area contributed by atoms with Crippen molar-refractivity contribution in [3.05, 3.63) is 57.9 Å². The predicted octanol–water partition coefficient (Wildman–Crippen LogP) is 4.45. The van der Waals surface area contributed by atoms with E-state index in [9.17, 15) is 18.0 Å². The Morgan fingerprint density at radius 2 is 2.04 bits per heavy atom. The van der Waals surface area contributed by atoms with Gasteiger partial charge in [0.15, 0.2) is 0 Å². The van der Waals surface area contributed by atoms with Gasteiger partial charge in [0.1, 0.15) is 11.5 Å². The van der Waals surface area contributed by atoms with E-state index in [0.717, 1.165) is 27.5 Å². The minimum atomic E-state index is -4.54. The number of benzene rings is 1. The molecule has 0 bridgehead atoms. The van der Waals surface area contributed by atoms with Gasteiger partial charge in [0, 0.05) is 12.3 Å². The Morgan fingerprint density at radius 3 is 2.73 bits per heavy atom. The highest BCUT2D eigenvalue weighted by atomic mass is 35.5. The summed E-state index contributed by atoms with van der Waals surface area (Å²) in [5.74, 6) is 0.762. The van der Waals surface area contributed by atoms with Crippen LogP contribution in [0.2, 0.25) is 5.15 Å². The Kier molecular flexibility index (Phi) is 5.10. The molecule has 3 rings (SSSR count). The molecular weight excluding hydrogens is 389 g/mol. The van der Waals surface area contributed by atoms with E-state index in [0.29, 0.717) is 5.69 Å². The van der Waals surface area contributed by atoms with Crippen molar-refractivity contribution in [2.45, 2.75) is 18.0 Å².